The molecule has 136 valence electrons. The van der Waals surface area contributed by atoms with E-state index in [0.29, 0.717) is 19.0 Å². The number of carbonyl (C=O) groups excluding carboxylic acids is 1. The highest BCUT2D eigenvalue weighted by atomic mass is 79.9. The first-order valence-electron chi connectivity index (χ1n) is 8.79. The zero-order valence-electron chi connectivity index (χ0n) is 14.3. The molecule has 0 radical (unpaired) electrons. The topological polar surface area (TPSA) is 48.0 Å². The van der Waals surface area contributed by atoms with Crippen molar-refractivity contribution in [1.82, 2.24) is 4.90 Å². The van der Waals surface area contributed by atoms with Crippen LogP contribution in [0.15, 0.2) is 46.9 Å². The van der Waals surface area contributed by atoms with Crippen molar-refractivity contribution in [2.24, 2.45) is 0 Å². The van der Waals surface area contributed by atoms with E-state index in [1.165, 1.54) is 0 Å². The average Bonchev–Trinajstić information content (AvgIpc) is 3.17. The Hall–Kier alpha value is -2.21. The number of amides is 1. The molecule has 0 aromatic heterocycles. The smallest absolute Gasteiger partial charge is 0.261 e. The molecule has 0 spiro atoms. The second-order valence-electron chi connectivity index (χ2n) is 6.37. The van der Waals surface area contributed by atoms with Gasteiger partial charge in [-0.15, -0.1) is 0 Å². The van der Waals surface area contributed by atoms with Gasteiger partial charge in [-0.05, 0) is 58.6 Å². The number of fused-ring (bicyclic) bond motifs is 1. The third-order valence-corrected chi connectivity index (χ3v) is 5.37. The van der Waals surface area contributed by atoms with E-state index < -0.39 is 0 Å². The van der Waals surface area contributed by atoms with Gasteiger partial charge in [0.15, 0.2) is 18.1 Å². The molecule has 0 saturated carbocycles. The summed E-state index contributed by atoms with van der Waals surface area (Å²) < 4.78 is 17.8. The van der Waals surface area contributed by atoms with Crippen LogP contribution < -0.4 is 14.2 Å². The third kappa shape index (κ3) is 3.51. The molecule has 2 aromatic rings. The van der Waals surface area contributed by atoms with Crippen molar-refractivity contribution < 1.29 is 19.0 Å². The van der Waals surface area contributed by atoms with E-state index in [4.69, 9.17) is 14.2 Å². The second-order valence-corrected chi connectivity index (χ2v) is 7.22. The molecule has 6 heteroatoms. The maximum atomic E-state index is 12.7. The first kappa shape index (κ1) is 17.2. The first-order chi connectivity index (χ1) is 12.7. The van der Waals surface area contributed by atoms with Crippen molar-refractivity contribution in [2.45, 2.75) is 18.9 Å². The van der Waals surface area contributed by atoms with Gasteiger partial charge in [-0.2, -0.15) is 0 Å². The number of likely N-dealkylation sites (tertiary alicyclic amines) is 1. The summed E-state index contributed by atoms with van der Waals surface area (Å²) in [7, 11) is 0. The molecule has 1 saturated heterocycles. The molecular formula is C20H20BrNO4. The van der Waals surface area contributed by atoms with Gasteiger partial charge in [-0.1, -0.05) is 18.2 Å². The molecular weight excluding hydrogens is 398 g/mol. The van der Waals surface area contributed by atoms with Gasteiger partial charge in [0.1, 0.15) is 19.0 Å². The number of para-hydroxylation sites is 1. The number of benzene rings is 2. The predicted octanol–water partition coefficient (Wildman–Crippen LogP) is 3.96. The van der Waals surface area contributed by atoms with Crippen LogP contribution >= 0.6 is 15.9 Å². The van der Waals surface area contributed by atoms with E-state index >= 15 is 0 Å². The van der Waals surface area contributed by atoms with Gasteiger partial charge in [-0.3, -0.25) is 4.79 Å². The number of carbonyl (C=O) groups is 1. The molecule has 2 heterocycles. The number of hydrogen-bond donors (Lipinski definition) is 0. The number of halogens is 1. The van der Waals surface area contributed by atoms with Gasteiger partial charge >= 0.3 is 0 Å². The Labute approximate surface area is 161 Å². The van der Waals surface area contributed by atoms with E-state index in [1.54, 1.807) is 0 Å². The minimum atomic E-state index is -0.00172. The lowest BCUT2D eigenvalue weighted by molar-refractivity contribution is -0.134. The Morgan fingerprint density at radius 2 is 1.96 bits per heavy atom. The fourth-order valence-electron chi connectivity index (χ4n) is 3.46. The van der Waals surface area contributed by atoms with Crippen LogP contribution in [0.2, 0.25) is 0 Å². The molecule has 4 rings (SSSR count). The van der Waals surface area contributed by atoms with Crippen LogP contribution in [0, 0.1) is 0 Å². The van der Waals surface area contributed by atoms with Crippen molar-refractivity contribution >= 4 is 21.8 Å². The predicted molar refractivity (Wildman–Crippen MR) is 101 cm³/mol. The maximum Gasteiger partial charge on any atom is 0.261 e. The highest BCUT2D eigenvalue weighted by Crippen LogP contribution is 2.38. The van der Waals surface area contributed by atoms with E-state index in [0.717, 1.165) is 40.9 Å². The SMILES string of the molecule is O=C(COc1ccccc1Br)N1CCCC1c1ccc2c(c1)OCCO2. The van der Waals surface area contributed by atoms with Crippen LogP contribution in [-0.4, -0.2) is 37.2 Å². The van der Waals surface area contributed by atoms with Gasteiger partial charge < -0.3 is 19.1 Å². The second kappa shape index (κ2) is 7.58. The molecule has 0 N–H and O–H groups in total. The van der Waals surface area contributed by atoms with Crippen LogP contribution in [0.5, 0.6) is 17.2 Å². The summed E-state index contributed by atoms with van der Waals surface area (Å²) >= 11 is 3.44. The number of nitrogens with zero attached hydrogens (tertiary/aromatic N) is 1. The van der Waals surface area contributed by atoms with Gasteiger partial charge in [-0.25, -0.2) is 0 Å². The average molecular weight is 418 g/mol. The highest BCUT2D eigenvalue weighted by molar-refractivity contribution is 9.10. The Balaban J connectivity index is 1.46. The molecule has 5 nitrogen and oxygen atoms in total. The molecule has 2 aliphatic rings. The Morgan fingerprint density at radius 1 is 1.15 bits per heavy atom. The molecule has 1 amide bonds. The lowest BCUT2D eigenvalue weighted by Gasteiger charge is -2.26. The Bertz CT molecular complexity index is 810. The number of ether oxygens (including phenoxy) is 3. The molecule has 2 aromatic carbocycles. The zero-order valence-corrected chi connectivity index (χ0v) is 15.9. The van der Waals surface area contributed by atoms with Crippen LogP contribution in [0.25, 0.3) is 0 Å². The van der Waals surface area contributed by atoms with Crippen molar-refractivity contribution in [3.63, 3.8) is 0 Å². The first-order valence-corrected chi connectivity index (χ1v) is 9.58. The lowest BCUT2D eigenvalue weighted by Crippen LogP contribution is -2.34. The van der Waals surface area contributed by atoms with Crippen LogP contribution in [0.1, 0.15) is 24.4 Å². The monoisotopic (exact) mass is 417 g/mol. The van der Waals surface area contributed by atoms with Gasteiger partial charge in [0, 0.05) is 6.54 Å². The van der Waals surface area contributed by atoms with Crippen LogP contribution in [0.4, 0.5) is 0 Å². The minimum absolute atomic E-state index is 0.00172. The number of hydrogen-bond acceptors (Lipinski definition) is 4. The maximum absolute atomic E-state index is 12.7. The van der Waals surface area contributed by atoms with Crippen molar-refractivity contribution in [1.29, 1.82) is 0 Å². The zero-order chi connectivity index (χ0) is 17.9. The van der Waals surface area contributed by atoms with Crippen molar-refractivity contribution in [3.8, 4) is 17.2 Å². The standard InChI is InChI=1S/C20H20BrNO4/c21-15-4-1-2-6-17(15)26-13-20(23)22-9-3-5-16(22)14-7-8-18-19(12-14)25-11-10-24-18/h1-2,4,6-8,12,16H,3,5,9-11,13H2. The fraction of sp³-hybridized carbons (Fsp3) is 0.350. The van der Waals surface area contributed by atoms with Gasteiger partial charge in [0.25, 0.3) is 5.91 Å². The van der Waals surface area contributed by atoms with E-state index in [1.807, 2.05) is 47.4 Å². The van der Waals surface area contributed by atoms with Crippen LogP contribution in [-0.2, 0) is 4.79 Å². The molecule has 0 aliphatic carbocycles. The molecule has 1 fully saturated rings. The summed E-state index contributed by atoms with van der Waals surface area (Å²) in [6.45, 7) is 1.91. The summed E-state index contributed by atoms with van der Waals surface area (Å²) in [5, 5.41) is 0. The van der Waals surface area contributed by atoms with E-state index in [9.17, 15) is 4.79 Å². The van der Waals surface area contributed by atoms with Crippen molar-refractivity contribution in [3.05, 3.63) is 52.5 Å². The lowest BCUT2D eigenvalue weighted by atomic mass is 10.0. The van der Waals surface area contributed by atoms with E-state index in [-0.39, 0.29) is 18.6 Å². The van der Waals surface area contributed by atoms with E-state index in [2.05, 4.69) is 15.9 Å². The van der Waals surface area contributed by atoms with Crippen molar-refractivity contribution in [2.75, 3.05) is 26.4 Å². The minimum Gasteiger partial charge on any atom is -0.486 e. The summed E-state index contributed by atoms with van der Waals surface area (Å²) in [4.78, 5) is 14.6. The summed E-state index contributed by atoms with van der Waals surface area (Å²) in [6.07, 6.45) is 1.93. The van der Waals surface area contributed by atoms with Gasteiger partial charge in [0.05, 0.1) is 10.5 Å². The molecule has 0 bridgehead atoms. The largest absolute Gasteiger partial charge is 0.486 e. The third-order valence-electron chi connectivity index (χ3n) is 4.71. The highest BCUT2D eigenvalue weighted by Gasteiger charge is 2.31. The summed E-state index contributed by atoms with van der Waals surface area (Å²) in [6, 6.07) is 13.6. The molecule has 26 heavy (non-hydrogen) atoms. The molecule has 1 atom stereocenters. The Morgan fingerprint density at radius 3 is 2.81 bits per heavy atom. The molecule has 1 unspecified atom stereocenters. The Kier molecular flexibility index (Phi) is 5.02. The van der Waals surface area contributed by atoms with Gasteiger partial charge in [0.2, 0.25) is 0 Å². The quantitative estimate of drug-likeness (QED) is 0.754. The summed E-state index contributed by atoms with van der Waals surface area (Å²) in [5.41, 5.74) is 1.08. The fourth-order valence-corrected chi connectivity index (χ4v) is 3.86. The van der Waals surface area contributed by atoms with Crippen LogP contribution in [0.3, 0.4) is 0 Å². The summed E-state index contributed by atoms with van der Waals surface area (Å²) in [5.74, 6) is 2.21. The normalized spacial score (nSPS) is 18.7. The molecule has 2 aliphatic heterocycles. The number of rotatable bonds is 4.